The van der Waals surface area contributed by atoms with E-state index < -0.39 is 0 Å². The van der Waals surface area contributed by atoms with Gasteiger partial charge in [-0.3, -0.25) is 0 Å². The zero-order valence-electron chi connectivity index (χ0n) is 12.5. The number of fused-ring (bicyclic) bond motifs is 1. The highest BCUT2D eigenvalue weighted by molar-refractivity contribution is 7.99. The van der Waals surface area contributed by atoms with Gasteiger partial charge in [-0.05, 0) is 47.4 Å². The third kappa shape index (κ3) is 3.22. The summed E-state index contributed by atoms with van der Waals surface area (Å²) in [5, 5.41) is 7.27. The Labute approximate surface area is 159 Å². The van der Waals surface area contributed by atoms with Crippen LogP contribution in [0, 0.1) is 0 Å². The van der Waals surface area contributed by atoms with Crippen LogP contribution in [0.1, 0.15) is 15.7 Å². The lowest BCUT2D eigenvalue weighted by molar-refractivity contribution is 1.23. The van der Waals surface area contributed by atoms with E-state index in [-0.39, 0.29) is 5.25 Å². The minimum Gasteiger partial charge on any atom is -0.354 e. The second kappa shape index (κ2) is 6.85. The van der Waals surface area contributed by atoms with Gasteiger partial charge in [0.1, 0.15) is 0 Å². The molecular formula is C19H13Cl2NS2. The third-order valence-electron chi connectivity index (χ3n) is 3.78. The van der Waals surface area contributed by atoms with Crippen molar-refractivity contribution in [3.8, 4) is 0 Å². The van der Waals surface area contributed by atoms with Crippen molar-refractivity contribution in [3.05, 3.63) is 86.5 Å². The van der Waals surface area contributed by atoms with Crippen molar-refractivity contribution in [2.45, 2.75) is 10.1 Å². The van der Waals surface area contributed by atoms with Crippen LogP contribution in [0.5, 0.6) is 0 Å². The van der Waals surface area contributed by atoms with Crippen LogP contribution in [-0.4, -0.2) is 0 Å². The van der Waals surface area contributed by atoms with E-state index in [4.69, 9.17) is 23.2 Å². The van der Waals surface area contributed by atoms with Crippen LogP contribution in [0.15, 0.2) is 70.9 Å². The molecule has 1 atom stereocenters. The van der Waals surface area contributed by atoms with Crippen molar-refractivity contribution >= 4 is 57.7 Å². The molecule has 1 N–H and O–H groups in total. The molecule has 0 aliphatic carbocycles. The number of hydrogen-bond donors (Lipinski definition) is 1. The zero-order chi connectivity index (χ0) is 16.5. The summed E-state index contributed by atoms with van der Waals surface area (Å²) in [5.41, 5.74) is 3.27. The van der Waals surface area contributed by atoms with Crippen molar-refractivity contribution < 1.29 is 0 Å². The SMILES string of the molecule is Clc1ccc2c(c1)SC(c1ccccc1Cl)C=C(c1cccs1)N2. The molecule has 0 saturated carbocycles. The van der Waals surface area contributed by atoms with Gasteiger partial charge in [-0.2, -0.15) is 0 Å². The van der Waals surface area contributed by atoms with Crippen LogP contribution in [0.25, 0.3) is 5.70 Å². The van der Waals surface area contributed by atoms with Gasteiger partial charge in [0.05, 0.1) is 21.5 Å². The number of hydrogen-bond acceptors (Lipinski definition) is 3. The zero-order valence-corrected chi connectivity index (χ0v) is 15.6. The summed E-state index contributed by atoms with van der Waals surface area (Å²) in [4.78, 5) is 2.32. The Morgan fingerprint density at radius 3 is 2.62 bits per heavy atom. The number of nitrogens with one attached hydrogen (secondary N) is 1. The van der Waals surface area contributed by atoms with Crippen molar-refractivity contribution in [1.82, 2.24) is 0 Å². The Bertz CT molecular complexity index is 903. The highest BCUT2D eigenvalue weighted by Gasteiger charge is 2.21. The molecule has 2 heterocycles. The highest BCUT2D eigenvalue weighted by atomic mass is 35.5. The molecule has 1 unspecified atom stereocenters. The lowest BCUT2D eigenvalue weighted by Gasteiger charge is -2.14. The standard InChI is InChI=1S/C19H13Cl2NS2/c20-12-7-8-15-19(10-12)24-18(13-4-1-2-5-14(13)21)11-16(22-15)17-6-3-9-23-17/h1-11,18,22H. The van der Waals surface area contributed by atoms with E-state index in [1.807, 2.05) is 36.4 Å². The Balaban J connectivity index is 1.85. The van der Waals surface area contributed by atoms with E-state index in [0.29, 0.717) is 0 Å². The van der Waals surface area contributed by atoms with E-state index >= 15 is 0 Å². The molecule has 0 saturated heterocycles. The molecule has 3 aromatic rings. The smallest absolute Gasteiger partial charge is 0.0563 e. The first-order valence-electron chi connectivity index (χ1n) is 7.44. The van der Waals surface area contributed by atoms with Crippen LogP contribution in [-0.2, 0) is 0 Å². The van der Waals surface area contributed by atoms with Crippen LogP contribution in [0.4, 0.5) is 5.69 Å². The Morgan fingerprint density at radius 2 is 1.83 bits per heavy atom. The molecule has 0 spiro atoms. The van der Waals surface area contributed by atoms with Crippen molar-refractivity contribution in [2.24, 2.45) is 0 Å². The number of halogens is 2. The predicted octanol–water partition coefficient (Wildman–Crippen LogP) is 7.35. The van der Waals surface area contributed by atoms with Gasteiger partial charge < -0.3 is 5.32 Å². The van der Waals surface area contributed by atoms with Crippen LogP contribution in [0.3, 0.4) is 0 Å². The molecule has 2 aromatic carbocycles. The van der Waals surface area contributed by atoms with E-state index in [0.717, 1.165) is 31.9 Å². The first-order valence-corrected chi connectivity index (χ1v) is 9.95. The van der Waals surface area contributed by atoms with Gasteiger partial charge in [0.2, 0.25) is 0 Å². The van der Waals surface area contributed by atoms with Gasteiger partial charge in [-0.25, -0.2) is 0 Å². The summed E-state index contributed by atoms with van der Waals surface area (Å²) in [6, 6.07) is 18.1. The summed E-state index contributed by atoms with van der Waals surface area (Å²) in [6.45, 7) is 0. The Kier molecular flexibility index (Phi) is 4.59. The summed E-state index contributed by atoms with van der Waals surface area (Å²) in [6.07, 6.45) is 2.24. The van der Waals surface area contributed by atoms with Crippen molar-refractivity contribution in [3.63, 3.8) is 0 Å². The van der Waals surface area contributed by atoms with Gasteiger partial charge in [0.15, 0.2) is 0 Å². The predicted molar refractivity (Wildman–Crippen MR) is 107 cm³/mol. The minimum atomic E-state index is 0.114. The fourth-order valence-electron chi connectivity index (χ4n) is 2.64. The lowest BCUT2D eigenvalue weighted by Crippen LogP contribution is -1.97. The maximum absolute atomic E-state index is 6.46. The largest absolute Gasteiger partial charge is 0.354 e. The van der Waals surface area contributed by atoms with E-state index in [2.05, 4.69) is 35.0 Å². The van der Waals surface area contributed by atoms with Crippen molar-refractivity contribution in [2.75, 3.05) is 5.32 Å². The maximum Gasteiger partial charge on any atom is 0.0563 e. The van der Waals surface area contributed by atoms with Crippen LogP contribution < -0.4 is 5.32 Å². The maximum atomic E-state index is 6.46. The fourth-order valence-corrected chi connectivity index (χ4v) is 5.15. The number of thioether (sulfide) groups is 1. The number of benzene rings is 2. The molecule has 0 bridgehead atoms. The van der Waals surface area contributed by atoms with Gasteiger partial charge in [0.25, 0.3) is 0 Å². The summed E-state index contributed by atoms with van der Waals surface area (Å²) < 4.78 is 0. The topological polar surface area (TPSA) is 12.0 Å². The fraction of sp³-hybridized carbons (Fsp3) is 0.0526. The average molecular weight is 390 g/mol. The molecule has 120 valence electrons. The molecule has 0 fully saturated rings. The summed E-state index contributed by atoms with van der Waals surface area (Å²) in [5.74, 6) is 0. The monoisotopic (exact) mass is 389 g/mol. The second-order valence-electron chi connectivity index (χ2n) is 5.38. The van der Waals surface area contributed by atoms with Crippen LogP contribution in [0.2, 0.25) is 10.0 Å². The van der Waals surface area contributed by atoms with Gasteiger partial charge in [0, 0.05) is 14.9 Å². The van der Waals surface area contributed by atoms with E-state index in [1.165, 1.54) is 4.88 Å². The molecule has 1 aliphatic rings. The number of rotatable bonds is 2. The molecular weight excluding hydrogens is 377 g/mol. The second-order valence-corrected chi connectivity index (χ2v) is 8.36. The number of thiophene rings is 1. The first kappa shape index (κ1) is 16.1. The minimum absolute atomic E-state index is 0.114. The summed E-state index contributed by atoms with van der Waals surface area (Å²) in [7, 11) is 0. The third-order valence-corrected chi connectivity index (χ3v) is 6.50. The molecule has 1 aromatic heterocycles. The normalized spacial score (nSPS) is 16.8. The molecule has 0 amide bonds. The van der Waals surface area contributed by atoms with E-state index in [1.54, 1.807) is 23.1 Å². The lowest BCUT2D eigenvalue weighted by atomic mass is 10.1. The first-order chi connectivity index (χ1) is 11.7. The van der Waals surface area contributed by atoms with Gasteiger partial charge >= 0.3 is 0 Å². The van der Waals surface area contributed by atoms with Gasteiger partial charge in [-0.15, -0.1) is 23.1 Å². The highest BCUT2D eigenvalue weighted by Crippen LogP contribution is 2.47. The number of anilines is 1. The van der Waals surface area contributed by atoms with Crippen LogP contribution >= 0.6 is 46.3 Å². The molecule has 5 heteroatoms. The Hall–Kier alpha value is -1.39. The van der Waals surface area contributed by atoms with Crippen molar-refractivity contribution in [1.29, 1.82) is 0 Å². The molecule has 24 heavy (non-hydrogen) atoms. The van der Waals surface area contributed by atoms with Gasteiger partial charge in [-0.1, -0.05) is 47.5 Å². The Morgan fingerprint density at radius 1 is 0.958 bits per heavy atom. The molecule has 1 aliphatic heterocycles. The molecule has 0 radical (unpaired) electrons. The average Bonchev–Trinajstić information content (AvgIpc) is 3.04. The summed E-state index contributed by atoms with van der Waals surface area (Å²) >= 11 is 16.1. The van der Waals surface area contributed by atoms with E-state index in [9.17, 15) is 0 Å². The molecule has 1 nitrogen and oxygen atoms in total. The quantitative estimate of drug-likeness (QED) is 0.491. The molecule has 4 rings (SSSR count).